The molecule has 1 fully saturated rings. The normalized spacial score (nSPS) is 25.1. The Bertz CT molecular complexity index is 367. The van der Waals surface area contributed by atoms with Crippen molar-refractivity contribution in [2.75, 3.05) is 25.0 Å². The van der Waals surface area contributed by atoms with Gasteiger partial charge in [-0.25, -0.2) is 4.39 Å². The Morgan fingerprint density at radius 3 is 2.76 bits per heavy atom. The van der Waals surface area contributed by atoms with Crippen molar-refractivity contribution >= 4 is 5.69 Å². The van der Waals surface area contributed by atoms with E-state index in [4.69, 9.17) is 0 Å². The summed E-state index contributed by atoms with van der Waals surface area (Å²) in [5.41, 5.74) is 0.604. The van der Waals surface area contributed by atoms with E-state index in [-0.39, 0.29) is 5.82 Å². The predicted octanol–water partition coefficient (Wildman–Crippen LogP) is 2.97. The zero-order valence-corrected chi connectivity index (χ0v) is 10.6. The molecular formula is C14H21FN2. The molecular weight excluding hydrogens is 215 g/mol. The molecule has 1 heterocycles. The van der Waals surface area contributed by atoms with E-state index < -0.39 is 0 Å². The molecule has 1 aromatic carbocycles. The van der Waals surface area contributed by atoms with Gasteiger partial charge in [0.25, 0.3) is 0 Å². The number of rotatable bonds is 4. The van der Waals surface area contributed by atoms with Crippen LogP contribution in [0.2, 0.25) is 0 Å². The van der Waals surface area contributed by atoms with Gasteiger partial charge in [0.1, 0.15) is 5.82 Å². The number of nitrogens with one attached hydrogen (secondary N) is 1. The number of para-hydroxylation sites is 1. The van der Waals surface area contributed by atoms with Gasteiger partial charge in [-0.3, -0.25) is 4.90 Å². The first kappa shape index (κ1) is 12.4. The second-order valence-electron chi connectivity index (χ2n) is 5.09. The van der Waals surface area contributed by atoms with Crippen LogP contribution in [0.25, 0.3) is 0 Å². The number of likely N-dealkylation sites (tertiary alicyclic amines) is 1. The van der Waals surface area contributed by atoms with Crippen molar-refractivity contribution in [3.05, 3.63) is 30.1 Å². The van der Waals surface area contributed by atoms with Crippen LogP contribution >= 0.6 is 0 Å². The van der Waals surface area contributed by atoms with Gasteiger partial charge in [0.2, 0.25) is 0 Å². The van der Waals surface area contributed by atoms with Gasteiger partial charge in [-0.15, -0.1) is 0 Å². The molecule has 1 aromatic rings. The topological polar surface area (TPSA) is 15.3 Å². The summed E-state index contributed by atoms with van der Waals surface area (Å²) < 4.78 is 13.4. The molecule has 2 rings (SSSR count). The Kier molecular flexibility index (Phi) is 4.00. The van der Waals surface area contributed by atoms with Gasteiger partial charge < -0.3 is 5.32 Å². The van der Waals surface area contributed by atoms with Crippen LogP contribution in [0.3, 0.4) is 0 Å². The lowest BCUT2D eigenvalue weighted by atomic mass is 10.1. The number of hydrogen-bond donors (Lipinski definition) is 1. The first-order chi connectivity index (χ1) is 8.16. The molecule has 2 nitrogen and oxygen atoms in total. The molecule has 0 amide bonds. The highest BCUT2D eigenvalue weighted by Gasteiger charge is 2.25. The van der Waals surface area contributed by atoms with Crippen LogP contribution in [-0.4, -0.2) is 30.6 Å². The van der Waals surface area contributed by atoms with Crippen LogP contribution < -0.4 is 5.32 Å². The Balaban J connectivity index is 1.78. The van der Waals surface area contributed by atoms with Crippen molar-refractivity contribution in [1.82, 2.24) is 4.90 Å². The SMILES string of the molecule is CC1CC(C)N(CCNc2ccccc2F)C1. The average molecular weight is 236 g/mol. The van der Waals surface area contributed by atoms with Crippen molar-refractivity contribution in [1.29, 1.82) is 0 Å². The number of nitrogens with zero attached hydrogens (tertiary/aromatic N) is 1. The van der Waals surface area contributed by atoms with Gasteiger partial charge in [0.05, 0.1) is 5.69 Å². The maximum atomic E-state index is 13.4. The zero-order chi connectivity index (χ0) is 12.3. The smallest absolute Gasteiger partial charge is 0.146 e. The fraction of sp³-hybridized carbons (Fsp3) is 0.571. The molecule has 0 aliphatic carbocycles. The van der Waals surface area contributed by atoms with Crippen LogP contribution in [-0.2, 0) is 0 Å². The van der Waals surface area contributed by atoms with Crippen LogP contribution in [0.1, 0.15) is 20.3 Å². The summed E-state index contributed by atoms with van der Waals surface area (Å²) >= 11 is 0. The second kappa shape index (κ2) is 5.50. The molecule has 1 aliphatic heterocycles. The minimum atomic E-state index is -0.171. The van der Waals surface area contributed by atoms with E-state index in [0.717, 1.165) is 19.0 Å². The summed E-state index contributed by atoms with van der Waals surface area (Å²) in [6, 6.07) is 7.50. The monoisotopic (exact) mass is 236 g/mol. The van der Waals surface area contributed by atoms with Crippen molar-refractivity contribution < 1.29 is 4.39 Å². The molecule has 2 atom stereocenters. The average Bonchev–Trinajstić information content (AvgIpc) is 2.60. The molecule has 1 saturated heterocycles. The first-order valence-corrected chi connectivity index (χ1v) is 6.39. The quantitative estimate of drug-likeness (QED) is 0.864. The largest absolute Gasteiger partial charge is 0.381 e. The first-order valence-electron chi connectivity index (χ1n) is 6.39. The lowest BCUT2D eigenvalue weighted by molar-refractivity contribution is 0.275. The van der Waals surface area contributed by atoms with Crippen molar-refractivity contribution in [2.24, 2.45) is 5.92 Å². The summed E-state index contributed by atoms with van der Waals surface area (Å²) in [4.78, 5) is 2.47. The van der Waals surface area contributed by atoms with Gasteiger partial charge in [0, 0.05) is 25.7 Å². The minimum Gasteiger partial charge on any atom is -0.381 e. The van der Waals surface area contributed by atoms with Gasteiger partial charge in [-0.1, -0.05) is 19.1 Å². The van der Waals surface area contributed by atoms with Gasteiger partial charge in [-0.05, 0) is 31.4 Å². The highest BCUT2D eigenvalue weighted by Crippen LogP contribution is 2.21. The molecule has 0 radical (unpaired) electrons. The standard InChI is InChI=1S/C14H21FN2/c1-11-9-12(2)17(10-11)8-7-16-14-6-4-3-5-13(14)15/h3-6,11-12,16H,7-10H2,1-2H3. The summed E-state index contributed by atoms with van der Waals surface area (Å²) in [5.74, 6) is 0.619. The third-order valence-corrected chi connectivity index (χ3v) is 3.50. The molecule has 2 unspecified atom stereocenters. The van der Waals surface area contributed by atoms with E-state index in [1.54, 1.807) is 12.1 Å². The number of halogens is 1. The molecule has 0 saturated carbocycles. The molecule has 1 aliphatic rings. The molecule has 0 aromatic heterocycles. The lowest BCUT2D eigenvalue weighted by Crippen LogP contribution is -2.32. The third-order valence-electron chi connectivity index (χ3n) is 3.50. The predicted molar refractivity (Wildman–Crippen MR) is 69.7 cm³/mol. The lowest BCUT2D eigenvalue weighted by Gasteiger charge is -2.21. The number of benzene rings is 1. The molecule has 94 valence electrons. The van der Waals surface area contributed by atoms with Gasteiger partial charge >= 0.3 is 0 Å². The molecule has 1 N–H and O–H groups in total. The van der Waals surface area contributed by atoms with Gasteiger partial charge in [0.15, 0.2) is 0 Å². The summed E-state index contributed by atoms with van der Waals surface area (Å²) in [5, 5.41) is 3.16. The van der Waals surface area contributed by atoms with Gasteiger partial charge in [-0.2, -0.15) is 0 Å². The maximum Gasteiger partial charge on any atom is 0.146 e. The Hall–Kier alpha value is -1.09. The molecule has 0 spiro atoms. The number of hydrogen-bond acceptors (Lipinski definition) is 2. The van der Waals surface area contributed by atoms with Crippen LogP contribution in [0.4, 0.5) is 10.1 Å². The highest BCUT2D eigenvalue weighted by molar-refractivity contribution is 5.44. The Morgan fingerprint density at radius 1 is 1.35 bits per heavy atom. The minimum absolute atomic E-state index is 0.171. The van der Waals surface area contributed by atoms with E-state index in [2.05, 4.69) is 24.1 Å². The summed E-state index contributed by atoms with van der Waals surface area (Å²) in [6.45, 7) is 7.52. The Morgan fingerprint density at radius 2 is 2.12 bits per heavy atom. The second-order valence-corrected chi connectivity index (χ2v) is 5.09. The van der Waals surface area contributed by atoms with Crippen molar-refractivity contribution in [3.8, 4) is 0 Å². The van der Waals surface area contributed by atoms with E-state index in [1.165, 1.54) is 19.0 Å². The third kappa shape index (κ3) is 3.19. The summed E-state index contributed by atoms with van der Waals surface area (Å²) in [7, 11) is 0. The van der Waals surface area contributed by atoms with Crippen LogP contribution in [0.15, 0.2) is 24.3 Å². The van der Waals surface area contributed by atoms with Crippen molar-refractivity contribution in [3.63, 3.8) is 0 Å². The summed E-state index contributed by atoms with van der Waals surface area (Å²) in [6.07, 6.45) is 1.28. The van der Waals surface area contributed by atoms with Crippen LogP contribution in [0, 0.1) is 11.7 Å². The highest BCUT2D eigenvalue weighted by atomic mass is 19.1. The Labute approximate surface area is 103 Å². The van der Waals surface area contributed by atoms with E-state index in [1.807, 2.05) is 6.07 Å². The van der Waals surface area contributed by atoms with E-state index >= 15 is 0 Å². The van der Waals surface area contributed by atoms with Crippen molar-refractivity contribution in [2.45, 2.75) is 26.3 Å². The molecule has 3 heteroatoms. The fourth-order valence-electron chi connectivity index (χ4n) is 2.64. The van der Waals surface area contributed by atoms with Crippen LogP contribution in [0.5, 0.6) is 0 Å². The molecule has 17 heavy (non-hydrogen) atoms. The molecule has 0 bridgehead atoms. The van der Waals surface area contributed by atoms with E-state index in [0.29, 0.717) is 11.7 Å². The fourth-order valence-corrected chi connectivity index (χ4v) is 2.64. The number of anilines is 1. The zero-order valence-electron chi connectivity index (χ0n) is 10.6. The maximum absolute atomic E-state index is 13.4. The van der Waals surface area contributed by atoms with E-state index in [9.17, 15) is 4.39 Å².